The molecule has 0 aliphatic heterocycles. The molecule has 0 aliphatic carbocycles. The summed E-state index contributed by atoms with van der Waals surface area (Å²) in [6.45, 7) is 0.778. The SMILES string of the molecule is NC(COCCOc1ccccc1)c1cccc(F)c1F. The molecule has 3 nitrogen and oxygen atoms in total. The number of halogens is 2. The van der Waals surface area contributed by atoms with Crippen molar-refractivity contribution >= 4 is 0 Å². The first kappa shape index (κ1) is 15.4. The van der Waals surface area contributed by atoms with Gasteiger partial charge in [0.15, 0.2) is 11.6 Å². The first-order chi connectivity index (χ1) is 10.2. The molecule has 21 heavy (non-hydrogen) atoms. The van der Waals surface area contributed by atoms with Gasteiger partial charge in [-0.15, -0.1) is 0 Å². The van der Waals surface area contributed by atoms with Gasteiger partial charge in [0.1, 0.15) is 12.4 Å². The number of rotatable bonds is 7. The largest absolute Gasteiger partial charge is 0.491 e. The number of benzene rings is 2. The number of para-hydroxylation sites is 1. The molecular formula is C16H17F2NO2. The average molecular weight is 293 g/mol. The van der Waals surface area contributed by atoms with Crippen LogP contribution in [0.2, 0.25) is 0 Å². The molecule has 0 spiro atoms. The molecule has 0 fully saturated rings. The van der Waals surface area contributed by atoms with Gasteiger partial charge in [-0.2, -0.15) is 0 Å². The van der Waals surface area contributed by atoms with Gasteiger partial charge >= 0.3 is 0 Å². The van der Waals surface area contributed by atoms with Gasteiger partial charge in [0.25, 0.3) is 0 Å². The fourth-order valence-electron chi connectivity index (χ4n) is 1.84. The van der Waals surface area contributed by atoms with Crippen LogP contribution >= 0.6 is 0 Å². The van der Waals surface area contributed by atoms with Gasteiger partial charge in [0.2, 0.25) is 0 Å². The molecule has 1 unspecified atom stereocenters. The average Bonchev–Trinajstić information content (AvgIpc) is 2.50. The Morgan fingerprint density at radius 3 is 2.48 bits per heavy atom. The lowest BCUT2D eigenvalue weighted by Gasteiger charge is -2.14. The van der Waals surface area contributed by atoms with Gasteiger partial charge in [-0.3, -0.25) is 0 Å². The summed E-state index contributed by atoms with van der Waals surface area (Å²) in [7, 11) is 0. The predicted octanol–water partition coefficient (Wildman–Crippen LogP) is 3.06. The van der Waals surface area contributed by atoms with Crippen LogP contribution in [0.25, 0.3) is 0 Å². The second-order valence-corrected chi connectivity index (χ2v) is 4.49. The van der Waals surface area contributed by atoms with E-state index in [-0.39, 0.29) is 12.2 Å². The summed E-state index contributed by atoms with van der Waals surface area (Å²) in [6, 6.07) is 12.5. The topological polar surface area (TPSA) is 44.5 Å². The molecule has 112 valence electrons. The second kappa shape index (κ2) is 7.71. The molecule has 0 aliphatic rings. The molecule has 0 bridgehead atoms. The van der Waals surface area contributed by atoms with Crippen molar-refractivity contribution in [2.75, 3.05) is 19.8 Å². The van der Waals surface area contributed by atoms with E-state index in [4.69, 9.17) is 15.2 Å². The van der Waals surface area contributed by atoms with Crippen LogP contribution < -0.4 is 10.5 Å². The van der Waals surface area contributed by atoms with Crippen molar-refractivity contribution in [2.24, 2.45) is 5.73 Å². The monoisotopic (exact) mass is 293 g/mol. The highest BCUT2D eigenvalue weighted by molar-refractivity contribution is 5.22. The summed E-state index contributed by atoms with van der Waals surface area (Å²) in [4.78, 5) is 0. The standard InChI is InChI=1S/C16H17F2NO2/c17-14-8-4-7-13(16(14)18)15(19)11-20-9-10-21-12-5-2-1-3-6-12/h1-8,15H,9-11,19H2. The Morgan fingerprint density at radius 2 is 1.71 bits per heavy atom. The lowest BCUT2D eigenvalue weighted by Crippen LogP contribution is -2.20. The maximum absolute atomic E-state index is 13.5. The molecule has 2 N–H and O–H groups in total. The van der Waals surface area contributed by atoms with Crippen molar-refractivity contribution in [3.8, 4) is 5.75 Å². The molecule has 0 heterocycles. The van der Waals surface area contributed by atoms with E-state index in [1.54, 1.807) is 0 Å². The lowest BCUT2D eigenvalue weighted by molar-refractivity contribution is 0.0896. The van der Waals surface area contributed by atoms with Crippen LogP contribution in [0.15, 0.2) is 48.5 Å². The zero-order chi connectivity index (χ0) is 15.1. The van der Waals surface area contributed by atoms with Crippen LogP contribution in [-0.4, -0.2) is 19.8 Å². The zero-order valence-electron chi connectivity index (χ0n) is 11.5. The lowest BCUT2D eigenvalue weighted by atomic mass is 10.1. The number of ether oxygens (including phenoxy) is 2. The Labute approximate surface area is 122 Å². The molecule has 0 amide bonds. The minimum Gasteiger partial charge on any atom is -0.491 e. The van der Waals surface area contributed by atoms with Crippen LogP contribution in [0.5, 0.6) is 5.75 Å². The highest BCUT2D eigenvalue weighted by Crippen LogP contribution is 2.17. The molecule has 0 radical (unpaired) electrons. The molecule has 5 heteroatoms. The molecule has 0 saturated carbocycles. The van der Waals surface area contributed by atoms with E-state index in [1.165, 1.54) is 12.1 Å². The van der Waals surface area contributed by atoms with Crippen LogP contribution in [0, 0.1) is 11.6 Å². The van der Waals surface area contributed by atoms with E-state index in [2.05, 4.69) is 0 Å². The molecular weight excluding hydrogens is 276 g/mol. The number of hydrogen-bond donors (Lipinski definition) is 1. The van der Waals surface area contributed by atoms with Gasteiger partial charge in [-0.25, -0.2) is 8.78 Å². The summed E-state index contributed by atoms with van der Waals surface area (Å²) in [5.41, 5.74) is 5.90. The molecule has 0 saturated heterocycles. The summed E-state index contributed by atoms with van der Waals surface area (Å²) < 4.78 is 37.4. The number of nitrogens with two attached hydrogens (primary N) is 1. The first-order valence-electron chi connectivity index (χ1n) is 6.63. The third-order valence-corrected chi connectivity index (χ3v) is 2.92. The zero-order valence-corrected chi connectivity index (χ0v) is 11.5. The first-order valence-corrected chi connectivity index (χ1v) is 6.63. The fourth-order valence-corrected chi connectivity index (χ4v) is 1.84. The van der Waals surface area contributed by atoms with E-state index in [0.29, 0.717) is 13.2 Å². The van der Waals surface area contributed by atoms with Crippen LogP contribution in [-0.2, 0) is 4.74 Å². The molecule has 0 aromatic heterocycles. The van der Waals surface area contributed by atoms with Gasteiger partial charge in [0, 0.05) is 5.56 Å². The Bertz CT molecular complexity index is 563. The molecule has 2 rings (SSSR count). The van der Waals surface area contributed by atoms with Gasteiger partial charge in [-0.1, -0.05) is 30.3 Å². The summed E-state index contributed by atoms with van der Waals surface area (Å²) >= 11 is 0. The summed E-state index contributed by atoms with van der Waals surface area (Å²) in [5, 5.41) is 0. The van der Waals surface area contributed by atoms with Crippen LogP contribution in [0.3, 0.4) is 0 Å². The van der Waals surface area contributed by atoms with Crippen molar-refractivity contribution < 1.29 is 18.3 Å². The van der Waals surface area contributed by atoms with Crippen LogP contribution in [0.4, 0.5) is 8.78 Å². The maximum atomic E-state index is 13.5. The van der Waals surface area contributed by atoms with Crippen molar-refractivity contribution in [1.82, 2.24) is 0 Å². The normalized spacial score (nSPS) is 12.1. The van der Waals surface area contributed by atoms with Crippen molar-refractivity contribution in [3.05, 3.63) is 65.7 Å². The van der Waals surface area contributed by atoms with Crippen molar-refractivity contribution in [2.45, 2.75) is 6.04 Å². The highest BCUT2D eigenvalue weighted by Gasteiger charge is 2.14. The Kier molecular flexibility index (Phi) is 5.66. The van der Waals surface area contributed by atoms with E-state index in [1.807, 2.05) is 30.3 Å². The molecule has 2 aromatic rings. The molecule has 2 aromatic carbocycles. The number of hydrogen-bond acceptors (Lipinski definition) is 3. The van der Waals surface area contributed by atoms with E-state index >= 15 is 0 Å². The van der Waals surface area contributed by atoms with E-state index < -0.39 is 17.7 Å². The van der Waals surface area contributed by atoms with Crippen molar-refractivity contribution in [3.63, 3.8) is 0 Å². The fraction of sp³-hybridized carbons (Fsp3) is 0.250. The smallest absolute Gasteiger partial charge is 0.163 e. The Hall–Kier alpha value is -1.98. The van der Waals surface area contributed by atoms with Gasteiger partial charge in [0.05, 0.1) is 19.3 Å². The third kappa shape index (κ3) is 4.51. The van der Waals surface area contributed by atoms with Gasteiger partial charge in [-0.05, 0) is 18.2 Å². The summed E-state index contributed by atoms with van der Waals surface area (Å²) in [6.07, 6.45) is 0. The Morgan fingerprint density at radius 1 is 0.952 bits per heavy atom. The van der Waals surface area contributed by atoms with E-state index in [0.717, 1.165) is 11.8 Å². The third-order valence-electron chi connectivity index (χ3n) is 2.92. The van der Waals surface area contributed by atoms with Crippen LogP contribution in [0.1, 0.15) is 11.6 Å². The summed E-state index contributed by atoms with van der Waals surface area (Å²) in [5.74, 6) is -1.08. The molecule has 1 atom stereocenters. The highest BCUT2D eigenvalue weighted by atomic mass is 19.2. The maximum Gasteiger partial charge on any atom is 0.163 e. The predicted molar refractivity (Wildman–Crippen MR) is 76.0 cm³/mol. The van der Waals surface area contributed by atoms with Crippen molar-refractivity contribution in [1.29, 1.82) is 0 Å². The van der Waals surface area contributed by atoms with Gasteiger partial charge < -0.3 is 15.2 Å². The van der Waals surface area contributed by atoms with E-state index in [9.17, 15) is 8.78 Å². The minimum atomic E-state index is -0.922. The Balaban J connectivity index is 1.72. The quantitative estimate of drug-likeness (QED) is 0.798. The minimum absolute atomic E-state index is 0.0958. The second-order valence-electron chi connectivity index (χ2n) is 4.49.